The number of rotatable bonds is 8. The standard InChI is InChI=1S/C13H21NO2/c1-2-8-15-9-3-10-16-13-6-4-12(11-14)5-7-13/h4-7H,2-3,8-11,14H2,1H3. The first-order valence-electron chi connectivity index (χ1n) is 5.86. The molecule has 0 heterocycles. The minimum atomic E-state index is 0.575. The van der Waals surface area contributed by atoms with Crippen molar-refractivity contribution in [2.75, 3.05) is 19.8 Å². The van der Waals surface area contributed by atoms with Gasteiger partial charge in [0, 0.05) is 26.2 Å². The molecule has 3 heteroatoms. The summed E-state index contributed by atoms with van der Waals surface area (Å²) in [5.41, 5.74) is 6.63. The van der Waals surface area contributed by atoms with Crippen LogP contribution in [-0.4, -0.2) is 19.8 Å². The van der Waals surface area contributed by atoms with E-state index in [1.54, 1.807) is 0 Å². The highest BCUT2D eigenvalue weighted by molar-refractivity contribution is 5.26. The Bertz CT molecular complexity index is 272. The van der Waals surface area contributed by atoms with Gasteiger partial charge in [0.05, 0.1) is 6.61 Å². The molecule has 1 rings (SSSR count). The monoisotopic (exact) mass is 223 g/mol. The predicted octanol–water partition coefficient (Wildman–Crippen LogP) is 2.34. The fourth-order valence-corrected chi connectivity index (χ4v) is 1.32. The lowest BCUT2D eigenvalue weighted by Crippen LogP contribution is -2.03. The van der Waals surface area contributed by atoms with Crippen molar-refractivity contribution in [3.8, 4) is 5.75 Å². The van der Waals surface area contributed by atoms with Gasteiger partial charge in [-0.15, -0.1) is 0 Å². The minimum absolute atomic E-state index is 0.575. The Morgan fingerprint density at radius 3 is 2.44 bits per heavy atom. The first kappa shape index (κ1) is 13.0. The summed E-state index contributed by atoms with van der Waals surface area (Å²) in [5.74, 6) is 0.896. The lowest BCUT2D eigenvalue weighted by molar-refractivity contribution is 0.120. The molecule has 0 aliphatic rings. The smallest absolute Gasteiger partial charge is 0.119 e. The van der Waals surface area contributed by atoms with Crippen molar-refractivity contribution in [3.63, 3.8) is 0 Å². The van der Waals surface area contributed by atoms with Gasteiger partial charge in [-0.25, -0.2) is 0 Å². The number of hydrogen-bond donors (Lipinski definition) is 1. The van der Waals surface area contributed by atoms with Crippen LogP contribution in [0.3, 0.4) is 0 Å². The molecule has 0 spiro atoms. The molecule has 0 radical (unpaired) electrons. The number of nitrogens with two attached hydrogens (primary N) is 1. The van der Waals surface area contributed by atoms with E-state index in [-0.39, 0.29) is 0 Å². The molecule has 1 aromatic rings. The summed E-state index contributed by atoms with van der Waals surface area (Å²) in [6.07, 6.45) is 2.00. The second-order valence-electron chi connectivity index (χ2n) is 3.66. The van der Waals surface area contributed by atoms with Crippen LogP contribution in [0, 0.1) is 0 Å². The van der Waals surface area contributed by atoms with Gasteiger partial charge in [0.1, 0.15) is 5.75 Å². The molecule has 1 aromatic carbocycles. The number of benzene rings is 1. The van der Waals surface area contributed by atoms with Crippen LogP contribution in [0.15, 0.2) is 24.3 Å². The second-order valence-corrected chi connectivity index (χ2v) is 3.66. The lowest BCUT2D eigenvalue weighted by atomic mass is 10.2. The van der Waals surface area contributed by atoms with Crippen LogP contribution in [-0.2, 0) is 11.3 Å². The zero-order chi connectivity index (χ0) is 11.6. The average Bonchev–Trinajstić information content (AvgIpc) is 2.34. The van der Waals surface area contributed by atoms with Crippen LogP contribution >= 0.6 is 0 Å². The van der Waals surface area contributed by atoms with Gasteiger partial charge in [-0.1, -0.05) is 19.1 Å². The molecule has 0 unspecified atom stereocenters. The highest BCUT2D eigenvalue weighted by atomic mass is 16.5. The van der Waals surface area contributed by atoms with Crippen molar-refractivity contribution >= 4 is 0 Å². The van der Waals surface area contributed by atoms with Gasteiger partial charge in [0.25, 0.3) is 0 Å². The van der Waals surface area contributed by atoms with Gasteiger partial charge in [-0.05, 0) is 24.1 Å². The van der Waals surface area contributed by atoms with Gasteiger partial charge in [0.2, 0.25) is 0 Å². The summed E-state index contributed by atoms with van der Waals surface area (Å²) in [4.78, 5) is 0. The van der Waals surface area contributed by atoms with E-state index in [9.17, 15) is 0 Å². The first-order valence-corrected chi connectivity index (χ1v) is 5.86. The first-order chi connectivity index (χ1) is 7.86. The van der Waals surface area contributed by atoms with Crippen molar-refractivity contribution in [2.24, 2.45) is 5.73 Å². The molecule has 0 amide bonds. The molecule has 0 aliphatic heterocycles. The maximum absolute atomic E-state index is 5.56. The van der Waals surface area contributed by atoms with E-state index in [2.05, 4.69) is 6.92 Å². The Morgan fingerprint density at radius 1 is 1.06 bits per heavy atom. The average molecular weight is 223 g/mol. The van der Waals surface area contributed by atoms with Crippen LogP contribution in [0.1, 0.15) is 25.3 Å². The molecule has 0 saturated heterocycles. The third kappa shape index (κ3) is 5.14. The van der Waals surface area contributed by atoms with Gasteiger partial charge < -0.3 is 15.2 Å². The largest absolute Gasteiger partial charge is 0.494 e. The number of hydrogen-bond acceptors (Lipinski definition) is 3. The minimum Gasteiger partial charge on any atom is -0.494 e. The van der Waals surface area contributed by atoms with E-state index >= 15 is 0 Å². The molecule has 2 N–H and O–H groups in total. The highest BCUT2D eigenvalue weighted by Crippen LogP contribution is 2.11. The van der Waals surface area contributed by atoms with Crippen LogP contribution in [0.4, 0.5) is 0 Å². The van der Waals surface area contributed by atoms with Crippen LogP contribution < -0.4 is 10.5 Å². The maximum atomic E-state index is 5.56. The molecule has 90 valence electrons. The molecular formula is C13H21NO2. The van der Waals surface area contributed by atoms with Gasteiger partial charge in [-0.3, -0.25) is 0 Å². The summed E-state index contributed by atoms with van der Waals surface area (Å²) in [6.45, 7) is 4.99. The summed E-state index contributed by atoms with van der Waals surface area (Å²) >= 11 is 0. The molecule has 16 heavy (non-hydrogen) atoms. The maximum Gasteiger partial charge on any atom is 0.119 e. The quantitative estimate of drug-likeness (QED) is 0.688. The van der Waals surface area contributed by atoms with Crippen molar-refractivity contribution in [1.82, 2.24) is 0 Å². The fraction of sp³-hybridized carbons (Fsp3) is 0.538. The van der Waals surface area contributed by atoms with Crippen molar-refractivity contribution in [1.29, 1.82) is 0 Å². The lowest BCUT2D eigenvalue weighted by Gasteiger charge is -2.07. The summed E-state index contributed by atoms with van der Waals surface area (Å²) in [5, 5.41) is 0. The molecule has 0 fully saturated rings. The van der Waals surface area contributed by atoms with Crippen molar-refractivity contribution < 1.29 is 9.47 Å². The van der Waals surface area contributed by atoms with Crippen molar-refractivity contribution in [2.45, 2.75) is 26.3 Å². The topological polar surface area (TPSA) is 44.5 Å². The summed E-state index contributed by atoms with van der Waals surface area (Å²) in [7, 11) is 0. The van der Waals surface area contributed by atoms with E-state index in [1.165, 1.54) is 0 Å². The van der Waals surface area contributed by atoms with E-state index in [4.69, 9.17) is 15.2 Å². The summed E-state index contributed by atoms with van der Waals surface area (Å²) in [6, 6.07) is 7.88. The molecule has 0 atom stereocenters. The Balaban J connectivity index is 2.12. The van der Waals surface area contributed by atoms with E-state index < -0.39 is 0 Å². The van der Waals surface area contributed by atoms with Crippen LogP contribution in [0.25, 0.3) is 0 Å². The SMILES string of the molecule is CCCOCCCOc1ccc(CN)cc1. The molecular weight excluding hydrogens is 202 g/mol. The molecule has 0 saturated carbocycles. The summed E-state index contributed by atoms with van der Waals surface area (Å²) < 4.78 is 10.9. The van der Waals surface area contributed by atoms with Gasteiger partial charge in [-0.2, -0.15) is 0 Å². The van der Waals surface area contributed by atoms with Crippen molar-refractivity contribution in [3.05, 3.63) is 29.8 Å². The number of ether oxygens (including phenoxy) is 2. The zero-order valence-corrected chi connectivity index (χ0v) is 9.95. The molecule has 0 aliphatic carbocycles. The Kier molecular flexibility index (Phi) is 6.61. The third-order valence-electron chi connectivity index (χ3n) is 2.21. The Hall–Kier alpha value is -1.06. The van der Waals surface area contributed by atoms with Crippen LogP contribution in [0.2, 0.25) is 0 Å². The van der Waals surface area contributed by atoms with E-state index in [0.717, 1.165) is 37.4 Å². The van der Waals surface area contributed by atoms with E-state index in [0.29, 0.717) is 13.2 Å². The molecule has 0 aromatic heterocycles. The van der Waals surface area contributed by atoms with Crippen LogP contribution in [0.5, 0.6) is 5.75 Å². The zero-order valence-electron chi connectivity index (χ0n) is 9.95. The van der Waals surface area contributed by atoms with Gasteiger partial charge >= 0.3 is 0 Å². The Labute approximate surface area is 97.6 Å². The van der Waals surface area contributed by atoms with Gasteiger partial charge in [0.15, 0.2) is 0 Å². The highest BCUT2D eigenvalue weighted by Gasteiger charge is 1.94. The van der Waals surface area contributed by atoms with E-state index in [1.807, 2.05) is 24.3 Å². The Morgan fingerprint density at radius 2 is 1.81 bits per heavy atom. The second kappa shape index (κ2) is 8.13. The third-order valence-corrected chi connectivity index (χ3v) is 2.21. The normalized spacial score (nSPS) is 10.4. The fourth-order valence-electron chi connectivity index (χ4n) is 1.32. The molecule has 0 bridgehead atoms. The molecule has 3 nitrogen and oxygen atoms in total. The predicted molar refractivity (Wildman–Crippen MR) is 65.6 cm³/mol.